The van der Waals surface area contributed by atoms with Gasteiger partial charge < -0.3 is 10.1 Å². The Bertz CT molecular complexity index is 589. The number of nitrogens with zero attached hydrogens (tertiary/aromatic N) is 2. The summed E-state index contributed by atoms with van der Waals surface area (Å²) in [7, 11) is 1.70. The lowest BCUT2D eigenvalue weighted by Gasteiger charge is -2.10. The van der Waals surface area contributed by atoms with Crippen LogP contribution in [0.1, 0.15) is 24.6 Å². The van der Waals surface area contributed by atoms with Crippen LogP contribution in [-0.4, -0.2) is 23.4 Å². The number of fused-ring (bicyclic) bond motifs is 1. The second kappa shape index (κ2) is 4.96. The summed E-state index contributed by atoms with van der Waals surface area (Å²) in [6.45, 7) is 3.19. The van der Waals surface area contributed by atoms with E-state index in [0.29, 0.717) is 0 Å². The number of benzene rings is 1. The molecule has 0 spiro atoms. The van der Waals surface area contributed by atoms with Gasteiger partial charge in [-0.3, -0.25) is 0 Å². The highest BCUT2D eigenvalue weighted by Crippen LogP contribution is 2.32. The standard InChI is InChI=1S/C15H19N3O/c1-3-6-12-11-9-10-16-15(11)18(17-12)13-7-4-5-8-14(13)19-2/h4-5,7-8,16H,3,6,9-10H2,1-2H3. The molecule has 1 aliphatic heterocycles. The molecule has 0 saturated heterocycles. The molecule has 1 aliphatic rings. The third-order valence-corrected chi connectivity index (χ3v) is 3.53. The van der Waals surface area contributed by atoms with Crippen LogP contribution in [0.15, 0.2) is 24.3 Å². The van der Waals surface area contributed by atoms with E-state index in [1.54, 1.807) is 7.11 Å². The van der Waals surface area contributed by atoms with Gasteiger partial charge in [-0.1, -0.05) is 25.5 Å². The van der Waals surface area contributed by atoms with Crippen molar-refractivity contribution in [1.29, 1.82) is 0 Å². The van der Waals surface area contributed by atoms with Crippen LogP contribution in [0.25, 0.3) is 5.69 Å². The van der Waals surface area contributed by atoms with Gasteiger partial charge in [-0.05, 0) is 25.0 Å². The van der Waals surface area contributed by atoms with E-state index < -0.39 is 0 Å². The topological polar surface area (TPSA) is 39.1 Å². The molecule has 2 aromatic rings. The highest BCUT2D eigenvalue weighted by Gasteiger charge is 2.23. The van der Waals surface area contributed by atoms with E-state index in [1.807, 2.05) is 28.9 Å². The van der Waals surface area contributed by atoms with Gasteiger partial charge in [0.2, 0.25) is 0 Å². The zero-order valence-corrected chi connectivity index (χ0v) is 11.4. The normalized spacial score (nSPS) is 13.2. The Morgan fingerprint density at radius 1 is 1.37 bits per heavy atom. The fourth-order valence-corrected chi connectivity index (χ4v) is 2.66. The van der Waals surface area contributed by atoms with E-state index in [0.717, 1.165) is 43.1 Å². The minimum Gasteiger partial charge on any atom is -0.494 e. The Hall–Kier alpha value is -1.97. The van der Waals surface area contributed by atoms with E-state index >= 15 is 0 Å². The molecule has 1 N–H and O–H groups in total. The summed E-state index contributed by atoms with van der Waals surface area (Å²) in [6, 6.07) is 8.01. The van der Waals surface area contributed by atoms with Crippen molar-refractivity contribution >= 4 is 5.82 Å². The molecule has 19 heavy (non-hydrogen) atoms. The summed E-state index contributed by atoms with van der Waals surface area (Å²) >= 11 is 0. The molecular formula is C15H19N3O. The first-order valence-corrected chi connectivity index (χ1v) is 6.83. The van der Waals surface area contributed by atoms with Crippen LogP contribution < -0.4 is 10.1 Å². The fourth-order valence-electron chi connectivity index (χ4n) is 2.66. The van der Waals surface area contributed by atoms with Crippen LogP contribution >= 0.6 is 0 Å². The molecule has 3 rings (SSSR count). The molecular weight excluding hydrogens is 238 g/mol. The van der Waals surface area contributed by atoms with Crippen molar-refractivity contribution in [3.63, 3.8) is 0 Å². The van der Waals surface area contributed by atoms with Gasteiger partial charge in [0.05, 0.1) is 12.8 Å². The zero-order chi connectivity index (χ0) is 13.2. The van der Waals surface area contributed by atoms with Gasteiger partial charge in [-0.25, -0.2) is 4.68 Å². The number of methoxy groups -OCH3 is 1. The third kappa shape index (κ3) is 1.97. The number of aryl methyl sites for hydroxylation is 1. The molecule has 2 heterocycles. The molecule has 0 atom stereocenters. The molecule has 0 radical (unpaired) electrons. The maximum Gasteiger partial charge on any atom is 0.144 e. The maximum atomic E-state index is 5.44. The lowest BCUT2D eigenvalue weighted by atomic mass is 10.1. The Kier molecular flexibility index (Phi) is 3.15. The van der Waals surface area contributed by atoms with E-state index in [1.165, 1.54) is 11.3 Å². The number of ether oxygens (including phenoxy) is 1. The molecule has 1 aromatic heterocycles. The van der Waals surface area contributed by atoms with Gasteiger partial charge in [-0.15, -0.1) is 0 Å². The van der Waals surface area contributed by atoms with Crippen molar-refractivity contribution in [2.45, 2.75) is 26.2 Å². The van der Waals surface area contributed by atoms with Gasteiger partial charge in [0.1, 0.15) is 17.3 Å². The molecule has 0 fully saturated rings. The van der Waals surface area contributed by atoms with Crippen molar-refractivity contribution in [1.82, 2.24) is 9.78 Å². The van der Waals surface area contributed by atoms with Gasteiger partial charge >= 0.3 is 0 Å². The van der Waals surface area contributed by atoms with Crippen LogP contribution in [0.3, 0.4) is 0 Å². The minimum absolute atomic E-state index is 0.851. The molecule has 100 valence electrons. The Morgan fingerprint density at radius 3 is 3.00 bits per heavy atom. The Balaban J connectivity index is 2.12. The highest BCUT2D eigenvalue weighted by molar-refractivity contribution is 5.60. The van der Waals surface area contributed by atoms with E-state index in [9.17, 15) is 0 Å². The van der Waals surface area contributed by atoms with Crippen molar-refractivity contribution in [2.75, 3.05) is 19.0 Å². The average Bonchev–Trinajstić information content (AvgIpc) is 3.03. The number of aromatic nitrogens is 2. The highest BCUT2D eigenvalue weighted by atomic mass is 16.5. The lowest BCUT2D eigenvalue weighted by Crippen LogP contribution is -2.06. The fraction of sp³-hybridized carbons (Fsp3) is 0.400. The van der Waals surface area contributed by atoms with Crippen molar-refractivity contribution < 1.29 is 4.74 Å². The van der Waals surface area contributed by atoms with Crippen LogP contribution in [0.2, 0.25) is 0 Å². The predicted octanol–water partition coefficient (Wildman–Crippen LogP) is 2.80. The lowest BCUT2D eigenvalue weighted by molar-refractivity contribution is 0.412. The molecule has 0 saturated carbocycles. The van der Waals surface area contributed by atoms with Gasteiger partial charge in [-0.2, -0.15) is 5.10 Å². The monoisotopic (exact) mass is 257 g/mol. The van der Waals surface area contributed by atoms with E-state index in [-0.39, 0.29) is 0 Å². The zero-order valence-electron chi connectivity index (χ0n) is 11.4. The number of anilines is 1. The molecule has 0 unspecified atom stereocenters. The van der Waals surface area contributed by atoms with Gasteiger partial charge in [0.15, 0.2) is 0 Å². The number of hydrogen-bond acceptors (Lipinski definition) is 3. The summed E-state index contributed by atoms with van der Waals surface area (Å²) in [5.41, 5.74) is 3.58. The first kappa shape index (κ1) is 12.1. The smallest absolute Gasteiger partial charge is 0.144 e. The number of nitrogens with one attached hydrogen (secondary N) is 1. The van der Waals surface area contributed by atoms with E-state index in [2.05, 4.69) is 12.2 Å². The molecule has 0 bridgehead atoms. The second-order valence-electron chi connectivity index (χ2n) is 4.78. The van der Waals surface area contributed by atoms with Crippen LogP contribution in [-0.2, 0) is 12.8 Å². The SMILES string of the molecule is CCCc1nn(-c2ccccc2OC)c2c1CCN2. The van der Waals surface area contributed by atoms with E-state index in [4.69, 9.17) is 9.84 Å². The minimum atomic E-state index is 0.851. The molecule has 4 nitrogen and oxygen atoms in total. The summed E-state index contributed by atoms with van der Waals surface area (Å²) < 4.78 is 7.43. The summed E-state index contributed by atoms with van der Waals surface area (Å²) in [5, 5.41) is 8.22. The molecule has 1 aromatic carbocycles. The van der Waals surface area contributed by atoms with Crippen molar-refractivity contribution in [3.8, 4) is 11.4 Å². The average molecular weight is 257 g/mol. The first-order chi connectivity index (χ1) is 9.35. The van der Waals surface area contributed by atoms with Gasteiger partial charge in [0, 0.05) is 12.1 Å². The summed E-state index contributed by atoms with van der Waals surface area (Å²) in [6.07, 6.45) is 3.22. The predicted molar refractivity (Wildman–Crippen MR) is 76.3 cm³/mol. The summed E-state index contributed by atoms with van der Waals surface area (Å²) in [5.74, 6) is 1.98. The third-order valence-electron chi connectivity index (χ3n) is 3.53. The summed E-state index contributed by atoms with van der Waals surface area (Å²) in [4.78, 5) is 0. The Morgan fingerprint density at radius 2 is 2.21 bits per heavy atom. The second-order valence-corrected chi connectivity index (χ2v) is 4.78. The maximum absolute atomic E-state index is 5.44. The molecule has 0 amide bonds. The van der Waals surface area contributed by atoms with Crippen LogP contribution in [0.5, 0.6) is 5.75 Å². The van der Waals surface area contributed by atoms with Crippen LogP contribution in [0, 0.1) is 0 Å². The number of para-hydroxylation sites is 2. The number of hydrogen-bond donors (Lipinski definition) is 1. The number of rotatable bonds is 4. The Labute approximate surface area is 113 Å². The van der Waals surface area contributed by atoms with Crippen molar-refractivity contribution in [3.05, 3.63) is 35.5 Å². The quantitative estimate of drug-likeness (QED) is 0.915. The van der Waals surface area contributed by atoms with Crippen LogP contribution in [0.4, 0.5) is 5.82 Å². The van der Waals surface area contributed by atoms with Crippen molar-refractivity contribution in [2.24, 2.45) is 0 Å². The largest absolute Gasteiger partial charge is 0.494 e. The first-order valence-electron chi connectivity index (χ1n) is 6.83. The molecule has 0 aliphatic carbocycles. The van der Waals surface area contributed by atoms with Gasteiger partial charge in [0.25, 0.3) is 0 Å². The molecule has 4 heteroatoms.